The third kappa shape index (κ3) is 5.48. The highest BCUT2D eigenvalue weighted by molar-refractivity contribution is 6.14. The van der Waals surface area contributed by atoms with Gasteiger partial charge in [-0.1, -0.05) is 13.8 Å². The first-order valence-electron chi connectivity index (χ1n) is 10.7. The topological polar surface area (TPSA) is 130 Å². The number of ether oxygens (including phenoxy) is 5. The lowest BCUT2D eigenvalue weighted by Gasteiger charge is -2.18. The largest absolute Gasteiger partial charge is 0.493 e. The molecule has 1 heterocycles. The molecule has 0 saturated heterocycles. The maximum absolute atomic E-state index is 12.9. The van der Waals surface area contributed by atoms with Crippen LogP contribution in [0.2, 0.25) is 0 Å². The second-order valence-corrected chi connectivity index (χ2v) is 7.94. The molecule has 0 spiro atoms. The first kappa shape index (κ1) is 25.4. The number of carbonyl (C=O) groups is 3. The summed E-state index contributed by atoms with van der Waals surface area (Å²) in [6, 6.07) is 6.93. The highest BCUT2D eigenvalue weighted by atomic mass is 16.5. The van der Waals surface area contributed by atoms with Crippen LogP contribution in [0.3, 0.4) is 0 Å². The van der Waals surface area contributed by atoms with Crippen molar-refractivity contribution in [3.63, 3.8) is 0 Å². The molecular weight excluding hydrogens is 458 g/mol. The Hall–Kier alpha value is -4.21. The van der Waals surface area contributed by atoms with Crippen LogP contribution in [0.5, 0.6) is 28.7 Å². The molecular formula is C25H27NO9. The van der Waals surface area contributed by atoms with Crippen LogP contribution in [0.4, 0.5) is 0 Å². The van der Waals surface area contributed by atoms with E-state index in [1.807, 2.05) is 0 Å². The van der Waals surface area contributed by atoms with E-state index in [4.69, 9.17) is 23.7 Å². The smallest absolute Gasteiger partial charge is 0.326 e. The molecule has 1 amide bonds. The fraction of sp³-hybridized carbons (Fsp3) is 0.320. The summed E-state index contributed by atoms with van der Waals surface area (Å²) in [5.41, 5.74) is 0.880. The maximum atomic E-state index is 12.9. The Morgan fingerprint density at radius 1 is 1.06 bits per heavy atom. The van der Waals surface area contributed by atoms with Gasteiger partial charge in [-0.2, -0.15) is 0 Å². The van der Waals surface area contributed by atoms with Crippen molar-refractivity contribution in [2.45, 2.75) is 19.9 Å². The van der Waals surface area contributed by atoms with Crippen LogP contribution >= 0.6 is 0 Å². The van der Waals surface area contributed by atoms with Crippen LogP contribution in [0.15, 0.2) is 36.1 Å². The van der Waals surface area contributed by atoms with Crippen LogP contribution < -0.4 is 29.0 Å². The number of methoxy groups -OCH3 is 3. The van der Waals surface area contributed by atoms with Gasteiger partial charge in [0.2, 0.25) is 11.5 Å². The third-order valence-electron chi connectivity index (χ3n) is 5.28. The van der Waals surface area contributed by atoms with Gasteiger partial charge in [0, 0.05) is 11.6 Å². The summed E-state index contributed by atoms with van der Waals surface area (Å²) in [5, 5.41) is 11.6. The molecule has 0 bridgehead atoms. The first-order valence-corrected chi connectivity index (χ1v) is 10.7. The van der Waals surface area contributed by atoms with Crippen molar-refractivity contribution in [1.82, 2.24) is 5.32 Å². The van der Waals surface area contributed by atoms with Crippen molar-refractivity contribution >= 4 is 23.7 Å². The number of hydrogen-bond donors (Lipinski definition) is 2. The second kappa shape index (κ2) is 10.8. The number of amides is 1. The average Bonchev–Trinajstić information content (AvgIpc) is 3.14. The van der Waals surface area contributed by atoms with Gasteiger partial charge in [-0.05, 0) is 36.3 Å². The summed E-state index contributed by atoms with van der Waals surface area (Å²) >= 11 is 0. The molecule has 0 unspecified atom stereocenters. The van der Waals surface area contributed by atoms with Gasteiger partial charge >= 0.3 is 5.97 Å². The van der Waals surface area contributed by atoms with E-state index in [9.17, 15) is 19.5 Å². The normalized spacial score (nSPS) is 14.2. The minimum absolute atomic E-state index is 0.0710. The molecule has 1 aliphatic heterocycles. The molecule has 0 aliphatic carbocycles. The summed E-state index contributed by atoms with van der Waals surface area (Å²) < 4.78 is 27.3. The number of ketones is 1. The van der Waals surface area contributed by atoms with Crippen molar-refractivity contribution in [1.29, 1.82) is 0 Å². The number of nitrogens with one attached hydrogen (secondary N) is 1. The average molecular weight is 485 g/mol. The van der Waals surface area contributed by atoms with E-state index in [-0.39, 0.29) is 29.0 Å². The van der Waals surface area contributed by atoms with Crippen molar-refractivity contribution in [2.75, 3.05) is 27.9 Å². The number of Topliss-reactive ketones (excluding diaryl/α,β-unsaturated/α-hetero) is 1. The molecule has 10 heteroatoms. The van der Waals surface area contributed by atoms with Crippen LogP contribution in [0.1, 0.15) is 29.8 Å². The van der Waals surface area contributed by atoms with Gasteiger partial charge in [0.25, 0.3) is 5.91 Å². The van der Waals surface area contributed by atoms with E-state index in [0.717, 1.165) is 0 Å². The molecule has 0 radical (unpaired) electrons. The van der Waals surface area contributed by atoms with E-state index in [2.05, 4.69) is 5.32 Å². The molecule has 1 atom stereocenters. The summed E-state index contributed by atoms with van der Waals surface area (Å²) in [4.78, 5) is 36.2. The predicted octanol–water partition coefficient (Wildman–Crippen LogP) is 2.93. The number of hydrogen-bond acceptors (Lipinski definition) is 8. The Balaban J connectivity index is 1.76. The standard InChI is InChI=1S/C25H27NO9/c1-13(2)21(25(29)30)26-20(27)12-34-15-7-8-16-18(11-15)35-19(22(16)28)10-14-6-9-17(31-3)24(33-5)23(14)32-4/h6-11,13,21H,12H2,1-5H3,(H,26,27)(H,29,30)/t21-/m0/s1. The van der Waals surface area contributed by atoms with Gasteiger partial charge in [-0.25, -0.2) is 4.79 Å². The molecule has 0 saturated carbocycles. The highest BCUT2D eigenvalue weighted by Gasteiger charge is 2.29. The Bertz CT molecular complexity index is 1170. The summed E-state index contributed by atoms with van der Waals surface area (Å²) in [6.07, 6.45) is 1.54. The van der Waals surface area contributed by atoms with Crippen molar-refractivity contribution in [2.24, 2.45) is 5.92 Å². The van der Waals surface area contributed by atoms with E-state index in [1.165, 1.54) is 45.6 Å². The van der Waals surface area contributed by atoms with Crippen LogP contribution in [-0.2, 0) is 9.59 Å². The number of fused-ring (bicyclic) bond motifs is 1. The van der Waals surface area contributed by atoms with E-state index >= 15 is 0 Å². The SMILES string of the molecule is COc1ccc(C=C2Oc3cc(OCC(=O)N[C@H](C(=O)O)C(C)C)ccc3C2=O)c(OC)c1OC. The molecule has 186 valence electrons. The monoisotopic (exact) mass is 485 g/mol. The Kier molecular flexibility index (Phi) is 7.85. The lowest BCUT2D eigenvalue weighted by molar-refractivity contribution is -0.143. The fourth-order valence-corrected chi connectivity index (χ4v) is 3.51. The van der Waals surface area contributed by atoms with Crippen LogP contribution in [0.25, 0.3) is 6.08 Å². The molecule has 10 nitrogen and oxygen atoms in total. The molecule has 1 aliphatic rings. The molecule has 2 aromatic carbocycles. The quantitative estimate of drug-likeness (QED) is 0.488. The van der Waals surface area contributed by atoms with Crippen LogP contribution in [-0.4, -0.2) is 56.7 Å². The first-order chi connectivity index (χ1) is 16.7. The Morgan fingerprint density at radius 2 is 1.77 bits per heavy atom. The van der Waals surface area contributed by atoms with Gasteiger partial charge in [0.15, 0.2) is 23.9 Å². The Morgan fingerprint density at radius 3 is 2.37 bits per heavy atom. The van der Waals surface area contributed by atoms with Crippen LogP contribution in [0, 0.1) is 5.92 Å². The van der Waals surface area contributed by atoms with Crippen molar-refractivity contribution in [3.05, 3.63) is 47.2 Å². The number of carboxylic acids is 1. The minimum atomic E-state index is -1.12. The summed E-state index contributed by atoms with van der Waals surface area (Å²) in [7, 11) is 4.47. The zero-order valence-electron chi connectivity index (χ0n) is 20.0. The zero-order chi connectivity index (χ0) is 25.7. The number of aliphatic carboxylic acids is 1. The lowest BCUT2D eigenvalue weighted by atomic mass is 10.1. The lowest BCUT2D eigenvalue weighted by Crippen LogP contribution is -2.46. The highest BCUT2D eigenvalue weighted by Crippen LogP contribution is 2.42. The third-order valence-corrected chi connectivity index (χ3v) is 5.28. The molecule has 0 fully saturated rings. The number of carboxylic acid groups (broad SMARTS) is 1. The molecule has 2 N–H and O–H groups in total. The predicted molar refractivity (Wildman–Crippen MR) is 125 cm³/mol. The number of carbonyl (C=O) groups excluding carboxylic acids is 2. The molecule has 3 rings (SSSR count). The number of benzene rings is 2. The molecule has 2 aromatic rings. The summed E-state index contributed by atoms with van der Waals surface area (Å²) in [5.74, 6) is -0.464. The Labute approximate surface area is 202 Å². The molecule has 35 heavy (non-hydrogen) atoms. The molecule has 0 aromatic heterocycles. The van der Waals surface area contributed by atoms with Gasteiger partial charge < -0.3 is 34.1 Å². The van der Waals surface area contributed by atoms with Crippen molar-refractivity contribution < 1.29 is 43.2 Å². The summed E-state index contributed by atoms with van der Waals surface area (Å²) in [6.45, 7) is 2.99. The van der Waals surface area contributed by atoms with E-state index < -0.39 is 24.5 Å². The number of allylic oxidation sites excluding steroid dienone is 1. The van der Waals surface area contributed by atoms with Gasteiger partial charge in [-0.15, -0.1) is 0 Å². The van der Waals surface area contributed by atoms with Gasteiger partial charge in [-0.3, -0.25) is 9.59 Å². The zero-order valence-corrected chi connectivity index (χ0v) is 20.0. The van der Waals surface area contributed by atoms with Gasteiger partial charge in [0.05, 0.1) is 26.9 Å². The van der Waals surface area contributed by atoms with E-state index in [0.29, 0.717) is 28.4 Å². The van der Waals surface area contributed by atoms with Gasteiger partial charge in [0.1, 0.15) is 17.5 Å². The fourth-order valence-electron chi connectivity index (χ4n) is 3.51. The maximum Gasteiger partial charge on any atom is 0.326 e. The number of rotatable bonds is 10. The van der Waals surface area contributed by atoms with Crippen molar-refractivity contribution in [3.8, 4) is 28.7 Å². The van der Waals surface area contributed by atoms with E-state index in [1.54, 1.807) is 26.0 Å². The minimum Gasteiger partial charge on any atom is -0.493 e. The second-order valence-electron chi connectivity index (χ2n) is 7.94.